The van der Waals surface area contributed by atoms with Gasteiger partial charge in [-0.15, -0.1) is 6.58 Å². The van der Waals surface area contributed by atoms with Crippen LogP contribution in [-0.2, 0) is 25.6 Å². The Labute approximate surface area is 126 Å². The normalized spacial score (nSPS) is 13.8. The van der Waals surface area contributed by atoms with E-state index in [1.54, 1.807) is 7.11 Å². The number of rotatable bonds is 12. The second kappa shape index (κ2) is 11.4. The molecule has 0 spiro atoms. The maximum atomic E-state index is 9.81. The van der Waals surface area contributed by atoms with E-state index in [9.17, 15) is 5.11 Å². The minimum Gasteiger partial charge on any atom is -0.386 e. The highest BCUT2D eigenvalue weighted by atomic mass is 16.7. The Morgan fingerprint density at radius 1 is 1.19 bits per heavy atom. The van der Waals surface area contributed by atoms with Gasteiger partial charge in [0.2, 0.25) is 0 Å². The van der Waals surface area contributed by atoms with Crippen molar-refractivity contribution in [3.63, 3.8) is 0 Å². The fourth-order valence-corrected chi connectivity index (χ4v) is 1.60. The van der Waals surface area contributed by atoms with Crippen LogP contribution in [0.2, 0.25) is 0 Å². The van der Waals surface area contributed by atoms with E-state index in [0.29, 0.717) is 19.8 Å². The lowest BCUT2D eigenvalue weighted by Crippen LogP contribution is -2.33. The standard InChI is InChI=1S/C16H24O5/c1-3-15(17)16(21-13-19-10-9-18-2)12-20-11-14-7-5-4-6-8-14/h3-8,15-17H,1,9-13H2,2H3/t15-,16+/m1/s1. The maximum absolute atomic E-state index is 9.81. The van der Waals surface area contributed by atoms with Crippen molar-refractivity contribution in [1.82, 2.24) is 0 Å². The Balaban J connectivity index is 2.27. The van der Waals surface area contributed by atoms with Crippen molar-refractivity contribution in [1.29, 1.82) is 0 Å². The molecule has 2 atom stereocenters. The van der Waals surface area contributed by atoms with Crippen LogP contribution in [0.25, 0.3) is 0 Å². The summed E-state index contributed by atoms with van der Waals surface area (Å²) in [5.74, 6) is 0. The molecule has 0 heterocycles. The van der Waals surface area contributed by atoms with Gasteiger partial charge >= 0.3 is 0 Å². The van der Waals surface area contributed by atoms with Crippen LogP contribution in [0.15, 0.2) is 43.0 Å². The zero-order chi connectivity index (χ0) is 15.3. The van der Waals surface area contributed by atoms with Crippen molar-refractivity contribution in [2.75, 3.05) is 33.7 Å². The zero-order valence-electron chi connectivity index (χ0n) is 12.4. The van der Waals surface area contributed by atoms with Crippen LogP contribution in [-0.4, -0.2) is 51.0 Å². The fraction of sp³-hybridized carbons (Fsp3) is 0.500. The summed E-state index contributed by atoms with van der Waals surface area (Å²) in [5, 5.41) is 9.81. The van der Waals surface area contributed by atoms with Crippen LogP contribution in [0.1, 0.15) is 5.56 Å². The largest absolute Gasteiger partial charge is 0.386 e. The first-order valence-electron chi connectivity index (χ1n) is 6.88. The topological polar surface area (TPSA) is 57.2 Å². The molecule has 1 N–H and O–H groups in total. The van der Waals surface area contributed by atoms with Gasteiger partial charge in [0.1, 0.15) is 19.0 Å². The van der Waals surface area contributed by atoms with Gasteiger partial charge in [-0.1, -0.05) is 36.4 Å². The molecule has 5 heteroatoms. The van der Waals surface area contributed by atoms with Crippen molar-refractivity contribution >= 4 is 0 Å². The highest BCUT2D eigenvalue weighted by Gasteiger charge is 2.17. The smallest absolute Gasteiger partial charge is 0.147 e. The number of benzene rings is 1. The molecular formula is C16H24O5. The fourth-order valence-electron chi connectivity index (χ4n) is 1.60. The second-order valence-corrected chi connectivity index (χ2v) is 4.45. The molecule has 1 rings (SSSR count). The Hall–Kier alpha value is -1.24. The van der Waals surface area contributed by atoms with E-state index in [1.807, 2.05) is 30.3 Å². The quantitative estimate of drug-likeness (QED) is 0.362. The van der Waals surface area contributed by atoms with Gasteiger partial charge in [0.15, 0.2) is 0 Å². The summed E-state index contributed by atoms with van der Waals surface area (Å²) in [6.07, 6.45) is 0.117. The SMILES string of the molecule is C=C[C@@H](O)[C@H](COCc1ccccc1)OCOCCOC. The van der Waals surface area contributed by atoms with Crippen LogP contribution in [0.3, 0.4) is 0 Å². The second-order valence-electron chi connectivity index (χ2n) is 4.45. The molecule has 0 fully saturated rings. The summed E-state index contributed by atoms with van der Waals surface area (Å²) >= 11 is 0. The van der Waals surface area contributed by atoms with E-state index >= 15 is 0 Å². The molecular weight excluding hydrogens is 272 g/mol. The molecule has 0 aliphatic heterocycles. The number of ether oxygens (including phenoxy) is 4. The molecule has 5 nitrogen and oxygen atoms in total. The molecule has 1 aromatic carbocycles. The van der Waals surface area contributed by atoms with E-state index < -0.39 is 12.2 Å². The van der Waals surface area contributed by atoms with Crippen molar-refractivity contribution in [3.05, 3.63) is 48.6 Å². The Morgan fingerprint density at radius 2 is 1.95 bits per heavy atom. The van der Waals surface area contributed by atoms with Crippen LogP contribution in [0.4, 0.5) is 0 Å². The van der Waals surface area contributed by atoms with Crippen molar-refractivity contribution in [3.8, 4) is 0 Å². The Morgan fingerprint density at radius 3 is 2.62 bits per heavy atom. The molecule has 118 valence electrons. The van der Waals surface area contributed by atoms with Crippen LogP contribution >= 0.6 is 0 Å². The molecule has 0 radical (unpaired) electrons. The van der Waals surface area contributed by atoms with Gasteiger partial charge in [0, 0.05) is 7.11 Å². The highest BCUT2D eigenvalue weighted by molar-refractivity contribution is 5.13. The van der Waals surface area contributed by atoms with Gasteiger partial charge in [0.05, 0.1) is 26.4 Å². The van der Waals surface area contributed by atoms with E-state index in [4.69, 9.17) is 18.9 Å². The number of hydrogen-bond donors (Lipinski definition) is 1. The minimum absolute atomic E-state index is 0.0770. The lowest BCUT2D eigenvalue weighted by molar-refractivity contribution is -0.141. The van der Waals surface area contributed by atoms with Crippen LogP contribution < -0.4 is 0 Å². The lowest BCUT2D eigenvalue weighted by atomic mass is 10.2. The molecule has 0 unspecified atom stereocenters. The first kappa shape index (κ1) is 17.8. The van der Waals surface area contributed by atoms with Crippen molar-refractivity contribution < 1.29 is 24.1 Å². The number of aliphatic hydroxyl groups excluding tert-OH is 1. The molecule has 0 aliphatic carbocycles. The zero-order valence-corrected chi connectivity index (χ0v) is 12.4. The molecule has 0 saturated heterocycles. The summed E-state index contributed by atoms with van der Waals surface area (Å²) in [7, 11) is 1.60. The predicted molar refractivity (Wildman–Crippen MR) is 79.9 cm³/mol. The summed E-state index contributed by atoms with van der Waals surface area (Å²) in [6, 6.07) is 9.82. The molecule has 0 aromatic heterocycles. The average Bonchev–Trinajstić information content (AvgIpc) is 2.53. The van der Waals surface area contributed by atoms with Gasteiger partial charge in [-0.25, -0.2) is 0 Å². The lowest BCUT2D eigenvalue weighted by Gasteiger charge is -2.21. The molecule has 0 saturated carbocycles. The third kappa shape index (κ3) is 7.94. The van der Waals surface area contributed by atoms with Crippen molar-refractivity contribution in [2.24, 2.45) is 0 Å². The summed E-state index contributed by atoms with van der Waals surface area (Å²) in [5.41, 5.74) is 1.07. The minimum atomic E-state index is -0.799. The molecule has 0 bridgehead atoms. The molecule has 21 heavy (non-hydrogen) atoms. The summed E-state index contributed by atoms with van der Waals surface area (Å²) < 4.78 is 21.1. The number of aliphatic hydroxyl groups is 1. The molecule has 1 aromatic rings. The summed E-state index contributed by atoms with van der Waals surface area (Å²) in [6.45, 7) is 5.31. The third-order valence-corrected chi connectivity index (χ3v) is 2.81. The Bertz CT molecular complexity index is 368. The third-order valence-electron chi connectivity index (χ3n) is 2.81. The predicted octanol–water partition coefficient (Wildman–Crippen LogP) is 1.76. The number of hydrogen-bond acceptors (Lipinski definition) is 5. The first-order chi connectivity index (χ1) is 10.3. The van der Waals surface area contributed by atoms with E-state index in [2.05, 4.69) is 6.58 Å². The van der Waals surface area contributed by atoms with E-state index in [0.717, 1.165) is 5.56 Å². The average molecular weight is 296 g/mol. The number of methoxy groups -OCH3 is 1. The highest BCUT2D eigenvalue weighted by Crippen LogP contribution is 2.06. The first-order valence-corrected chi connectivity index (χ1v) is 6.88. The van der Waals surface area contributed by atoms with Crippen LogP contribution in [0, 0.1) is 0 Å². The maximum Gasteiger partial charge on any atom is 0.147 e. The monoisotopic (exact) mass is 296 g/mol. The van der Waals surface area contributed by atoms with Gasteiger partial charge in [-0.05, 0) is 5.56 Å². The van der Waals surface area contributed by atoms with Gasteiger partial charge in [-0.2, -0.15) is 0 Å². The van der Waals surface area contributed by atoms with E-state index in [1.165, 1.54) is 6.08 Å². The summed E-state index contributed by atoms with van der Waals surface area (Å²) in [4.78, 5) is 0. The van der Waals surface area contributed by atoms with Crippen molar-refractivity contribution in [2.45, 2.75) is 18.8 Å². The molecule has 0 amide bonds. The van der Waals surface area contributed by atoms with Gasteiger partial charge in [0.25, 0.3) is 0 Å². The van der Waals surface area contributed by atoms with Gasteiger partial charge in [-0.3, -0.25) is 0 Å². The Kier molecular flexibility index (Phi) is 9.69. The van der Waals surface area contributed by atoms with E-state index in [-0.39, 0.29) is 13.4 Å². The van der Waals surface area contributed by atoms with Crippen LogP contribution in [0.5, 0.6) is 0 Å². The molecule has 0 aliphatic rings. The van der Waals surface area contributed by atoms with Gasteiger partial charge < -0.3 is 24.1 Å².